The Bertz CT molecular complexity index is 159. The van der Waals surface area contributed by atoms with Gasteiger partial charge in [-0.1, -0.05) is 27.4 Å². The fraction of sp³-hybridized carbons (Fsp3) is 0.667. The van der Waals surface area contributed by atoms with Crippen LogP contribution in [-0.2, 0) is 0 Å². The summed E-state index contributed by atoms with van der Waals surface area (Å²) in [5.41, 5.74) is 3.36. The van der Waals surface area contributed by atoms with Crippen molar-refractivity contribution in [2.45, 2.75) is 20.8 Å². The highest BCUT2D eigenvalue weighted by Crippen LogP contribution is 2.58. The van der Waals surface area contributed by atoms with E-state index in [1.807, 2.05) is 0 Å². The highest BCUT2D eigenvalue weighted by Gasteiger charge is 2.52. The first-order valence-electron chi connectivity index (χ1n) is 3.46. The van der Waals surface area contributed by atoms with Gasteiger partial charge in [-0.3, -0.25) is 0 Å². The lowest BCUT2D eigenvalue weighted by atomic mass is 10.1. The van der Waals surface area contributed by atoms with E-state index < -0.39 is 0 Å². The number of hydrogen-bond acceptors (Lipinski definition) is 0. The monoisotopic (exact) mass is 122 g/mol. The summed E-state index contributed by atoms with van der Waals surface area (Å²) < 4.78 is 0. The molecule has 0 aliphatic heterocycles. The van der Waals surface area contributed by atoms with E-state index in [1.54, 1.807) is 0 Å². The molecule has 0 bridgehead atoms. The highest BCUT2D eigenvalue weighted by atomic mass is 14.6. The van der Waals surface area contributed by atoms with E-state index in [4.69, 9.17) is 0 Å². The SMILES string of the molecule is C=C=CC1C(C)C1(C)C. The first kappa shape index (κ1) is 6.64. The van der Waals surface area contributed by atoms with Gasteiger partial charge in [0.2, 0.25) is 0 Å². The summed E-state index contributed by atoms with van der Waals surface area (Å²) in [4.78, 5) is 0. The van der Waals surface area contributed by atoms with Crippen molar-refractivity contribution in [3.05, 3.63) is 18.4 Å². The smallest absolute Gasteiger partial charge is 0.00725 e. The quantitative estimate of drug-likeness (QED) is 0.469. The molecule has 1 aliphatic carbocycles. The van der Waals surface area contributed by atoms with E-state index in [-0.39, 0.29) is 0 Å². The van der Waals surface area contributed by atoms with E-state index in [2.05, 4.69) is 39.2 Å². The van der Waals surface area contributed by atoms with E-state index >= 15 is 0 Å². The fourth-order valence-corrected chi connectivity index (χ4v) is 1.43. The molecule has 0 amide bonds. The predicted molar refractivity (Wildman–Crippen MR) is 40.1 cm³/mol. The van der Waals surface area contributed by atoms with Crippen LogP contribution < -0.4 is 0 Å². The number of hydrogen-bond donors (Lipinski definition) is 0. The molecule has 0 nitrogen and oxygen atoms in total. The zero-order valence-corrected chi connectivity index (χ0v) is 6.44. The van der Waals surface area contributed by atoms with Crippen molar-refractivity contribution in [1.82, 2.24) is 0 Å². The number of allylic oxidation sites excluding steroid dienone is 1. The molecule has 1 aliphatic rings. The van der Waals surface area contributed by atoms with Gasteiger partial charge in [-0.15, -0.1) is 5.73 Å². The van der Waals surface area contributed by atoms with Gasteiger partial charge in [0, 0.05) is 0 Å². The lowest BCUT2D eigenvalue weighted by Crippen LogP contribution is -1.86. The first-order valence-corrected chi connectivity index (χ1v) is 3.46. The fourth-order valence-electron chi connectivity index (χ4n) is 1.43. The van der Waals surface area contributed by atoms with Crippen molar-refractivity contribution in [2.75, 3.05) is 0 Å². The third-order valence-corrected chi connectivity index (χ3v) is 2.76. The van der Waals surface area contributed by atoms with Crippen molar-refractivity contribution in [2.24, 2.45) is 17.3 Å². The molecule has 0 aromatic carbocycles. The van der Waals surface area contributed by atoms with Crippen molar-refractivity contribution in [1.29, 1.82) is 0 Å². The Morgan fingerprint density at radius 1 is 1.56 bits per heavy atom. The minimum atomic E-state index is 0.519. The molecular weight excluding hydrogens is 108 g/mol. The van der Waals surface area contributed by atoms with Gasteiger partial charge in [-0.2, -0.15) is 0 Å². The highest BCUT2D eigenvalue weighted by molar-refractivity contribution is 5.11. The van der Waals surface area contributed by atoms with E-state index in [0.29, 0.717) is 5.41 Å². The van der Waals surface area contributed by atoms with Crippen LogP contribution in [0.1, 0.15) is 20.8 Å². The summed E-state index contributed by atoms with van der Waals surface area (Å²) in [6.45, 7) is 10.4. The molecule has 50 valence electrons. The minimum absolute atomic E-state index is 0.519. The van der Waals surface area contributed by atoms with E-state index in [1.165, 1.54) is 0 Å². The standard InChI is InChI=1S/C9H14/c1-5-6-8-7(2)9(8,3)4/h6-8H,1H2,2-4H3. The second-order valence-electron chi connectivity index (χ2n) is 3.51. The van der Waals surface area contributed by atoms with Crippen LogP contribution in [-0.4, -0.2) is 0 Å². The van der Waals surface area contributed by atoms with Crippen LogP contribution in [0.5, 0.6) is 0 Å². The Morgan fingerprint density at radius 2 is 2.00 bits per heavy atom. The average molecular weight is 122 g/mol. The molecule has 0 N–H and O–H groups in total. The molecule has 2 atom stereocenters. The van der Waals surface area contributed by atoms with Gasteiger partial charge < -0.3 is 0 Å². The van der Waals surface area contributed by atoms with Gasteiger partial charge in [0.25, 0.3) is 0 Å². The zero-order chi connectivity index (χ0) is 7.07. The molecular formula is C9H14. The Hall–Kier alpha value is -0.480. The molecule has 1 saturated carbocycles. The van der Waals surface area contributed by atoms with Gasteiger partial charge in [0.1, 0.15) is 0 Å². The van der Waals surface area contributed by atoms with Crippen LogP contribution in [0.4, 0.5) is 0 Å². The van der Waals surface area contributed by atoms with Crippen molar-refractivity contribution in [3.63, 3.8) is 0 Å². The topological polar surface area (TPSA) is 0 Å². The van der Waals surface area contributed by atoms with Crippen LogP contribution >= 0.6 is 0 Å². The summed E-state index contributed by atoms with van der Waals surface area (Å²) in [7, 11) is 0. The van der Waals surface area contributed by atoms with E-state index in [9.17, 15) is 0 Å². The van der Waals surface area contributed by atoms with Gasteiger partial charge >= 0.3 is 0 Å². The predicted octanol–water partition coefficient (Wildman–Crippen LogP) is 2.62. The molecule has 0 heteroatoms. The largest absolute Gasteiger partial charge is 0.133 e. The van der Waals surface area contributed by atoms with Gasteiger partial charge in [-0.05, 0) is 23.3 Å². The van der Waals surface area contributed by atoms with Gasteiger partial charge in [-0.25, -0.2) is 0 Å². The van der Waals surface area contributed by atoms with Gasteiger partial charge in [0.05, 0.1) is 0 Å². The minimum Gasteiger partial charge on any atom is -0.133 e. The molecule has 0 heterocycles. The summed E-state index contributed by atoms with van der Waals surface area (Å²) in [5, 5.41) is 0. The van der Waals surface area contributed by atoms with Crippen molar-refractivity contribution < 1.29 is 0 Å². The molecule has 2 unspecified atom stereocenters. The number of rotatable bonds is 1. The maximum Gasteiger partial charge on any atom is -0.00725 e. The van der Waals surface area contributed by atoms with Crippen LogP contribution in [0.15, 0.2) is 18.4 Å². The second-order valence-corrected chi connectivity index (χ2v) is 3.51. The van der Waals surface area contributed by atoms with Gasteiger partial charge in [0.15, 0.2) is 0 Å². The first-order chi connectivity index (χ1) is 4.10. The summed E-state index contributed by atoms with van der Waals surface area (Å²) in [5.74, 6) is 1.56. The molecule has 0 aromatic heterocycles. The molecule has 9 heavy (non-hydrogen) atoms. The third kappa shape index (κ3) is 0.840. The molecule has 1 rings (SSSR count). The van der Waals surface area contributed by atoms with Crippen LogP contribution in [0.3, 0.4) is 0 Å². The lowest BCUT2D eigenvalue weighted by Gasteiger charge is -1.94. The Kier molecular flexibility index (Phi) is 1.29. The van der Waals surface area contributed by atoms with Crippen molar-refractivity contribution >= 4 is 0 Å². The molecule has 1 fully saturated rings. The summed E-state index contributed by atoms with van der Waals surface area (Å²) >= 11 is 0. The molecule has 0 radical (unpaired) electrons. The normalized spacial score (nSPS) is 37.2. The molecule has 0 aromatic rings. The second kappa shape index (κ2) is 1.75. The Balaban J connectivity index is 2.62. The molecule has 0 spiro atoms. The molecule has 0 saturated heterocycles. The lowest BCUT2D eigenvalue weighted by molar-refractivity contribution is 0.570. The van der Waals surface area contributed by atoms with Crippen LogP contribution in [0.2, 0.25) is 0 Å². The zero-order valence-electron chi connectivity index (χ0n) is 6.44. The third-order valence-electron chi connectivity index (χ3n) is 2.76. The Labute approximate surface area is 57.3 Å². The van der Waals surface area contributed by atoms with Crippen LogP contribution in [0.25, 0.3) is 0 Å². The summed E-state index contributed by atoms with van der Waals surface area (Å²) in [6, 6.07) is 0. The Morgan fingerprint density at radius 3 is 2.11 bits per heavy atom. The summed E-state index contributed by atoms with van der Waals surface area (Å²) in [6.07, 6.45) is 2.09. The van der Waals surface area contributed by atoms with Crippen LogP contribution in [0, 0.1) is 17.3 Å². The van der Waals surface area contributed by atoms with Crippen molar-refractivity contribution in [3.8, 4) is 0 Å². The maximum absolute atomic E-state index is 3.56. The van der Waals surface area contributed by atoms with E-state index in [0.717, 1.165) is 11.8 Å². The average Bonchev–Trinajstić information content (AvgIpc) is 2.19. The maximum atomic E-state index is 3.56.